The van der Waals surface area contributed by atoms with Crippen molar-refractivity contribution in [3.8, 4) is 5.75 Å². The predicted octanol–water partition coefficient (Wildman–Crippen LogP) is 2.98. The van der Waals surface area contributed by atoms with Crippen LogP contribution >= 0.6 is 11.6 Å². The third kappa shape index (κ3) is 5.31. The number of carbonyl (C=O) groups is 1. The minimum atomic E-state index is -3.92. The Morgan fingerprint density at radius 2 is 1.77 bits per heavy atom. The predicted molar refractivity (Wildman–Crippen MR) is 122 cm³/mol. The van der Waals surface area contributed by atoms with Gasteiger partial charge in [0, 0.05) is 36.9 Å². The highest BCUT2D eigenvalue weighted by Gasteiger charge is 2.30. The fraction of sp³-hybridized carbons (Fsp3) is 0.409. The van der Waals surface area contributed by atoms with Gasteiger partial charge in [-0.3, -0.25) is 4.79 Å². The van der Waals surface area contributed by atoms with Gasteiger partial charge in [0.25, 0.3) is 0 Å². The largest absolute Gasteiger partial charge is 0.495 e. The fourth-order valence-corrected chi connectivity index (χ4v) is 5.32. The zero-order valence-electron chi connectivity index (χ0n) is 18.2. The number of nitrogens with one attached hydrogen (secondary N) is 1. The fourth-order valence-electron chi connectivity index (χ4n) is 3.71. The summed E-state index contributed by atoms with van der Waals surface area (Å²) in [5.74, 6) is -0.0130. The Morgan fingerprint density at radius 3 is 2.42 bits per heavy atom. The second-order valence-electron chi connectivity index (χ2n) is 7.74. The quantitative estimate of drug-likeness (QED) is 0.709. The molecular formula is C22H28ClN3O4S. The molecule has 168 valence electrons. The van der Waals surface area contributed by atoms with E-state index in [-0.39, 0.29) is 16.6 Å². The molecule has 31 heavy (non-hydrogen) atoms. The number of halogens is 1. The third-order valence-corrected chi connectivity index (χ3v) is 7.21. The molecule has 2 aromatic carbocycles. The minimum absolute atomic E-state index is 0.0240. The average molecular weight is 466 g/mol. The molecule has 1 aliphatic rings. The molecule has 1 atom stereocenters. The average Bonchev–Trinajstić information content (AvgIpc) is 2.74. The lowest BCUT2D eigenvalue weighted by Crippen LogP contribution is -2.54. The van der Waals surface area contributed by atoms with E-state index in [1.807, 2.05) is 25.1 Å². The number of methoxy groups -OCH3 is 1. The number of anilines is 1. The van der Waals surface area contributed by atoms with Crippen LogP contribution in [-0.2, 0) is 14.8 Å². The Balaban J connectivity index is 1.66. The maximum atomic E-state index is 12.9. The normalized spacial score (nSPS) is 15.6. The zero-order valence-corrected chi connectivity index (χ0v) is 19.8. The first-order valence-corrected chi connectivity index (χ1v) is 12.0. The molecule has 1 heterocycles. The van der Waals surface area contributed by atoms with Gasteiger partial charge in [-0.05, 0) is 56.2 Å². The molecule has 1 saturated heterocycles. The van der Waals surface area contributed by atoms with E-state index in [4.69, 9.17) is 16.3 Å². The molecule has 0 radical (unpaired) electrons. The molecule has 3 rings (SSSR count). The van der Waals surface area contributed by atoms with Crippen molar-refractivity contribution in [3.63, 3.8) is 0 Å². The van der Waals surface area contributed by atoms with Crippen LogP contribution in [0.5, 0.6) is 5.75 Å². The molecule has 0 spiro atoms. The SMILES string of the molecule is COc1ccc(C)cc1S(=O)(=O)N[C@H](C)C(=O)N1CCN(c2cc(Cl)ccc2C)CC1. The van der Waals surface area contributed by atoms with E-state index in [9.17, 15) is 13.2 Å². The van der Waals surface area contributed by atoms with Crippen LogP contribution in [0.15, 0.2) is 41.3 Å². The van der Waals surface area contributed by atoms with Crippen LogP contribution in [0.1, 0.15) is 18.1 Å². The van der Waals surface area contributed by atoms with E-state index >= 15 is 0 Å². The second kappa shape index (κ2) is 9.46. The van der Waals surface area contributed by atoms with Crippen LogP contribution in [0.4, 0.5) is 5.69 Å². The first-order chi connectivity index (χ1) is 14.6. The molecular weight excluding hydrogens is 438 g/mol. The molecule has 2 aromatic rings. The summed E-state index contributed by atoms with van der Waals surface area (Å²) >= 11 is 6.13. The number of nitrogens with zero attached hydrogens (tertiary/aromatic N) is 2. The van der Waals surface area contributed by atoms with Crippen molar-refractivity contribution < 1.29 is 17.9 Å². The number of ether oxygens (including phenoxy) is 1. The molecule has 0 saturated carbocycles. The highest BCUT2D eigenvalue weighted by molar-refractivity contribution is 7.89. The summed E-state index contributed by atoms with van der Waals surface area (Å²) in [4.78, 5) is 16.8. The Kier molecular flexibility index (Phi) is 7.13. The second-order valence-corrected chi connectivity index (χ2v) is 9.86. The topological polar surface area (TPSA) is 78.9 Å². The van der Waals surface area contributed by atoms with Crippen LogP contribution in [0.2, 0.25) is 5.02 Å². The lowest BCUT2D eigenvalue weighted by atomic mass is 10.1. The van der Waals surface area contributed by atoms with E-state index < -0.39 is 16.1 Å². The van der Waals surface area contributed by atoms with Gasteiger partial charge in [-0.1, -0.05) is 23.7 Å². The zero-order chi connectivity index (χ0) is 22.8. The molecule has 1 N–H and O–H groups in total. The van der Waals surface area contributed by atoms with E-state index in [2.05, 4.69) is 9.62 Å². The lowest BCUT2D eigenvalue weighted by molar-refractivity contribution is -0.132. The summed E-state index contributed by atoms with van der Waals surface area (Å²) in [5.41, 5.74) is 2.96. The number of carbonyl (C=O) groups excluding carboxylic acids is 1. The standard InChI is InChI=1S/C22H28ClN3O4S/c1-15-5-8-20(30-4)21(13-15)31(28,29)24-17(3)22(27)26-11-9-25(10-12-26)19-14-18(23)7-6-16(19)2/h5-8,13-14,17,24H,9-12H2,1-4H3/t17-/m1/s1. The number of hydrogen-bond acceptors (Lipinski definition) is 5. The molecule has 0 aromatic heterocycles. The van der Waals surface area contributed by atoms with Gasteiger partial charge >= 0.3 is 0 Å². The van der Waals surface area contributed by atoms with Crippen LogP contribution in [0.25, 0.3) is 0 Å². The Bertz CT molecular complexity index is 1070. The van der Waals surface area contributed by atoms with Gasteiger partial charge in [0.15, 0.2) is 0 Å². The summed E-state index contributed by atoms with van der Waals surface area (Å²) in [6, 6.07) is 9.78. The van der Waals surface area contributed by atoms with Gasteiger partial charge in [-0.2, -0.15) is 4.72 Å². The van der Waals surface area contributed by atoms with E-state index in [1.54, 1.807) is 30.9 Å². The molecule has 0 aliphatic carbocycles. The smallest absolute Gasteiger partial charge is 0.244 e. The van der Waals surface area contributed by atoms with Crippen molar-refractivity contribution in [1.29, 1.82) is 0 Å². The summed E-state index contributed by atoms with van der Waals surface area (Å²) in [6.45, 7) is 7.70. The molecule has 1 aliphatic heterocycles. The number of aryl methyl sites for hydroxylation is 2. The summed E-state index contributed by atoms with van der Waals surface area (Å²) in [7, 11) is -2.50. The van der Waals surface area contributed by atoms with Gasteiger partial charge in [0.05, 0.1) is 13.2 Å². The van der Waals surface area contributed by atoms with Gasteiger partial charge in [0.2, 0.25) is 15.9 Å². The van der Waals surface area contributed by atoms with Crippen molar-refractivity contribution in [2.45, 2.75) is 31.7 Å². The van der Waals surface area contributed by atoms with Crippen molar-refractivity contribution in [2.24, 2.45) is 0 Å². The van der Waals surface area contributed by atoms with E-state index in [1.165, 1.54) is 13.2 Å². The summed E-state index contributed by atoms with van der Waals surface area (Å²) < 4.78 is 33.5. The molecule has 1 amide bonds. The van der Waals surface area contributed by atoms with Crippen LogP contribution in [0, 0.1) is 13.8 Å². The van der Waals surface area contributed by atoms with Gasteiger partial charge < -0.3 is 14.5 Å². The van der Waals surface area contributed by atoms with Crippen molar-refractivity contribution in [2.75, 3.05) is 38.2 Å². The maximum absolute atomic E-state index is 12.9. The lowest BCUT2D eigenvalue weighted by Gasteiger charge is -2.37. The molecule has 9 heteroatoms. The molecule has 1 fully saturated rings. The van der Waals surface area contributed by atoms with Crippen molar-refractivity contribution in [1.82, 2.24) is 9.62 Å². The van der Waals surface area contributed by atoms with Crippen molar-refractivity contribution >= 4 is 33.2 Å². The molecule has 7 nitrogen and oxygen atoms in total. The Labute approximate surface area is 189 Å². The van der Waals surface area contributed by atoms with E-state index in [0.717, 1.165) is 16.8 Å². The first-order valence-electron chi connectivity index (χ1n) is 10.1. The third-order valence-electron chi connectivity index (χ3n) is 5.41. The number of piperazine rings is 1. The Morgan fingerprint density at radius 1 is 1.10 bits per heavy atom. The summed E-state index contributed by atoms with van der Waals surface area (Å²) in [5, 5.41) is 0.675. The van der Waals surface area contributed by atoms with Crippen molar-refractivity contribution in [3.05, 3.63) is 52.5 Å². The van der Waals surface area contributed by atoms with Gasteiger partial charge in [-0.15, -0.1) is 0 Å². The van der Waals surface area contributed by atoms with E-state index in [0.29, 0.717) is 31.2 Å². The maximum Gasteiger partial charge on any atom is 0.244 e. The summed E-state index contributed by atoms with van der Waals surface area (Å²) in [6.07, 6.45) is 0. The number of hydrogen-bond donors (Lipinski definition) is 1. The Hall–Kier alpha value is -2.29. The van der Waals surface area contributed by atoms with Gasteiger partial charge in [-0.25, -0.2) is 8.42 Å². The van der Waals surface area contributed by atoms with Crippen LogP contribution < -0.4 is 14.4 Å². The molecule has 0 unspecified atom stereocenters. The number of amides is 1. The highest BCUT2D eigenvalue weighted by Crippen LogP contribution is 2.26. The van der Waals surface area contributed by atoms with Crippen LogP contribution in [0.3, 0.4) is 0 Å². The van der Waals surface area contributed by atoms with Gasteiger partial charge in [0.1, 0.15) is 10.6 Å². The molecule has 0 bridgehead atoms. The number of sulfonamides is 1. The number of benzene rings is 2. The minimum Gasteiger partial charge on any atom is -0.495 e. The monoisotopic (exact) mass is 465 g/mol. The highest BCUT2D eigenvalue weighted by atomic mass is 35.5. The van der Waals surface area contributed by atoms with Crippen LogP contribution in [-0.4, -0.2) is 58.6 Å². The number of rotatable bonds is 6. The first kappa shape index (κ1) is 23.4.